The lowest BCUT2D eigenvalue weighted by Gasteiger charge is -2.17. The van der Waals surface area contributed by atoms with Gasteiger partial charge in [0.05, 0.1) is 4.90 Å². The van der Waals surface area contributed by atoms with Crippen molar-refractivity contribution >= 4 is 10.0 Å². The maximum absolute atomic E-state index is 12.8. The molecule has 1 aliphatic rings. The second kappa shape index (κ2) is 6.46. The van der Waals surface area contributed by atoms with E-state index < -0.39 is 10.0 Å². The molecule has 3 nitrogen and oxygen atoms in total. The van der Waals surface area contributed by atoms with E-state index in [-0.39, 0.29) is 0 Å². The average Bonchev–Trinajstić information content (AvgIpc) is 3.06. The van der Waals surface area contributed by atoms with Crippen molar-refractivity contribution in [3.8, 4) is 0 Å². The van der Waals surface area contributed by atoms with Gasteiger partial charge in [-0.1, -0.05) is 56.3 Å². The van der Waals surface area contributed by atoms with Crippen LogP contribution < -0.4 is 0 Å². The predicted molar refractivity (Wildman–Crippen MR) is 93.1 cm³/mol. The molecule has 1 heterocycles. The highest BCUT2D eigenvalue weighted by molar-refractivity contribution is 7.89. The van der Waals surface area contributed by atoms with Gasteiger partial charge >= 0.3 is 0 Å². The third kappa shape index (κ3) is 3.33. The molecule has 1 fully saturated rings. The van der Waals surface area contributed by atoms with Crippen LogP contribution in [0.3, 0.4) is 0 Å². The Kier molecular flexibility index (Phi) is 4.55. The van der Waals surface area contributed by atoms with Gasteiger partial charge in [-0.05, 0) is 41.5 Å². The molecule has 4 heteroatoms. The fourth-order valence-corrected chi connectivity index (χ4v) is 4.62. The van der Waals surface area contributed by atoms with Crippen molar-refractivity contribution in [1.29, 1.82) is 0 Å². The van der Waals surface area contributed by atoms with E-state index in [9.17, 15) is 8.42 Å². The number of benzene rings is 2. The van der Waals surface area contributed by atoms with E-state index in [1.165, 1.54) is 5.56 Å². The fraction of sp³-hybridized carbons (Fsp3) is 0.368. The molecule has 0 saturated carbocycles. The maximum atomic E-state index is 12.8. The summed E-state index contributed by atoms with van der Waals surface area (Å²) in [5, 5.41) is 0. The largest absolute Gasteiger partial charge is 0.243 e. The molecule has 2 aromatic rings. The lowest BCUT2D eigenvalue weighted by atomic mass is 9.99. The van der Waals surface area contributed by atoms with Crippen LogP contribution in [0.1, 0.15) is 43.2 Å². The summed E-state index contributed by atoms with van der Waals surface area (Å²) < 4.78 is 27.3. The minimum absolute atomic E-state index is 0.293. The molecule has 3 rings (SSSR count). The van der Waals surface area contributed by atoms with E-state index >= 15 is 0 Å². The van der Waals surface area contributed by atoms with Crippen LogP contribution in [0, 0.1) is 0 Å². The van der Waals surface area contributed by atoms with Gasteiger partial charge in [0.2, 0.25) is 10.0 Å². The van der Waals surface area contributed by atoms with Crippen molar-refractivity contribution in [2.75, 3.05) is 13.1 Å². The van der Waals surface area contributed by atoms with E-state index in [2.05, 4.69) is 26.0 Å². The zero-order valence-corrected chi connectivity index (χ0v) is 14.5. The molecule has 0 radical (unpaired) electrons. The Morgan fingerprint density at radius 2 is 1.65 bits per heavy atom. The molecule has 1 atom stereocenters. The Hall–Kier alpha value is -1.65. The molecule has 1 unspecified atom stereocenters. The Labute approximate surface area is 139 Å². The highest BCUT2D eigenvalue weighted by atomic mass is 32.2. The van der Waals surface area contributed by atoms with Crippen molar-refractivity contribution in [1.82, 2.24) is 4.31 Å². The molecular formula is C19H23NO2S. The van der Waals surface area contributed by atoms with Crippen LogP contribution in [0.15, 0.2) is 59.5 Å². The second-order valence-corrected chi connectivity index (χ2v) is 8.42. The fourth-order valence-electron chi connectivity index (χ4n) is 3.12. The average molecular weight is 329 g/mol. The molecule has 0 bridgehead atoms. The second-order valence-electron chi connectivity index (χ2n) is 6.48. The van der Waals surface area contributed by atoms with Crippen molar-refractivity contribution < 1.29 is 8.42 Å². The van der Waals surface area contributed by atoms with Gasteiger partial charge in [0.15, 0.2) is 0 Å². The van der Waals surface area contributed by atoms with Crippen LogP contribution in [0.2, 0.25) is 0 Å². The van der Waals surface area contributed by atoms with Gasteiger partial charge in [-0.2, -0.15) is 4.31 Å². The minimum atomic E-state index is -3.39. The van der Waals surface area contributed by atoms with Crippen molar-refractivity contribution in [3.05, 3.63) is 65.7 Å². The summed E-state index contributed by atoms with van der Waals surface area (Å²) in [4.78, 5) is 0.399. The van der Waals surface area contributed by atoms with Crippen LogP contribution in [-0.2, 0) is 10.0 Å². The Morgan fingerprint density at radius 1 is 1.00 bits per heavy atom. The summed E-state index contributed by atoms with van der Waals surface area (Å²) in [6.07, 6.45) is 0.882. The molecule has 2 aromatic carbocycles. The third-order valence-electron chi connectivity index (χ3n) is 4.61. The first kappa shape index (κ1) is 16.2. The Balaban J connectivity index is 1.78. The Morgan fingerprint density at radius 3 is 2.26 bits per heavy atom. The van der Waals surface area contributed by atoms with Gasteiger partial charge in [-0.25, -0.2) is 8.42 Å². The molecule has 122 valence electrons. The summed E-state index contributed by atoms with van der Waals surface area (Å²) in [5.41, 5.74) is 2.38. The zero-order chi connectivity index (χ0) is 16.4. The highest BCUT2D eigenvalue weighted by Gasteiger charge is 2.33. The minimum Gasteiger partial charge on any atom is -0.207 e. The first-order valence-corrected chi connectivity index (χ1v) is 9.57. The molecule has 1 saturated heterocycles. The lowest BCUT2D eigenvalue weighted by molar-refractivity contribution is 0.473. The SMILES string of the molecule is CC(C)c1ccc(S(=O)(=O)N2CCC(c3ccccc3)C2)cc1. The van der Waals surface area contributed by atoms with Gasteiger partial charge in [-0.3, -0.25) is 0 Å². The van der Waals surface area contributed by atoms with Gasteiger partial charge < -0.3 is 0 Å². The summed E-state index contributed by atoms with van der Waals surface area (Å²) in [5.74, 6) is 0.696. The van der Waals surface area contributed by atoms with Crippen LogP contribution in [0.4, 0.5) is 0 Å². The highest BCUT2D eigenvalue weighted by Crippen LogP contribution is 2.31. The quantitative estimate of drug-likeness (QED) is 0.850. The maximum Gasteiger partial charge on any atom is 0.243 e. The van der Waals surface area contributed by atoms with Crippen LogP contribution in [-0.4, -0.2) is 25.8 Å². The molecule has 0 N–H and O–H groups in total. The zero-order valence-electron chi connectivity index (χ0n) is 13.6. The predicted octanol–water partition coefficient (Wildman–Crippen LogP) is 3.99. The van der Waals surface area contributed by atoms with E-state index in [1.54, 1.807) is 16.4 Å². The topological polar surface area (TPSA) is 37.4 Å². The van der Waals surface area contributed by atoms with Crippen molar-refractivity contribution in [3.63, 3.8) is 0 Å². The molecule has 1 aliphatic heterocycles. The number of rotatable bonds is 4. The first-order chi connectivity index (χ1) is 11.0. The van der Waals surface area contributed by atoms with Crippen molar-refractivity contribution in [2.24, 2.45) is 0 Å². The van der Waals surface area contributed by atoms with E-state index in [0.717, 1.165) is 12.0 Å². The summed E-state index contributed by atoms with van der Waals surface area (Å²) >= 11 is 0. The number of hydrogen-bond donors (Lipinski definition) is 0. The Bertz CT molecular complexity index is 752. The molecule has 0 aromatic heterocycles. The summed E-state index contributed by atoms with van der Waals surface area (Å²) in [6.45, 7) is 5.37. The first-order valence-electron chi connectivity index (χ1n) is 8.13. The lowest BCUT2D eigenvalue weighted by Crippen LogP contribution is -2.28. The monoisotopic (exact) mass is 329 g/mol. The molecular weight excluding hydrogens is 306 g/mol. The van der Waals surface area contributed by atoms with Gasteiger partial charge in [0.25, 0.3) is 0 Å². The van der Waals surface area contributed by atoms with Crippen LogP contribution in [0.5, 0.6) is 0 Å². The van der Waals surface area contributed by atoms with Crippen LogP contribution >= 0.6 is 0 Å². The van der Waals surface area contributed by atoms with Gasteiger partial charge in [-0.15, -0.1) is 0 Å². The number of nitrogens with zero attached hydrogens (tertiary/aromatic N) is 1. The smallest absolute Gasteiger partial charge is 0.207 e. The van der Waals surface area contributed by atoms with Crippen LogP contribution in [0.25, 0.3) is 0 Å². The molecule has 23 heavy (non-hydrogen) atoms. The number of sulfonamides is 1. The van der Waals surface area contributed by atoms with E-state index in [1.807, 2.05) is 30.3 Å². The molecule has 0 spiro atoms. The van der Waals surface area contributed by atoms with E-state index in [4.69, 9.17) is 0 Å². The van der Waals surface area contributed by atoms with Gasteiger partial charge in [0.1, 0.15) is 0 Å². The number of hydrogen-bond acceptors (Lipinski definition) is 2. The standard InChI is InChI=1S/C19H23NO2S/c1-15(2)16-8-10-19(11-9-16)23(21,22)20-13-12-18(14-20)17-6-4-3-5-7-17/h3-11,15,18H,12-14H2,1-2H3. The third-order valence-corrected chi connectivity index (χ3v) is 6.49. The molecule has 0 aliphatic carbocycles. The van der Waals surface area contributed by atoms with Gasteiger partial charge in [0, 0.05) is 13.1 Å². The van der Waals surface area contributed by atoms with Crippen molar-refractivity contribution in [2.45, 2.75) is 37.0 Å². The molecule has 0 amide bonds. The summed E-state index contributed by atoms with van der Waals surface area (Å²) in [6, 6.07) is 17.5. The normalized spacial score (nSPS) is 19.3. The van der Waals surface area contributed by atoms with E-state index in [0.29, 0.717) is 29.8 Å². The summed E-state index contributed by atoms with van der Waals surface area (Å²) in [7, 11) is -3.39.